The van der Waals surface area contributed by atoms with Crippen molar-refractivity contribution in [1.82, 2.24) is 19.9 Å². The Bertz CT molecular complexity index is 1740. The van der Waals surface area contributed by atoms with Crippen molar-refractivity contribution < 1.29 is 28.5 Å². The Kier molecular flexibility index (Phi) is 6.68. The zero-order valence-corrected chi connectivity index (χ0v) is 23.0. The molecule has 0 saturated heterocycles. The number of fused-ring (bicyclic) bond motifs is 4. The fourth-order valence-electron chi connectivity index (χ4n) is 4.40. The number of hydrogen-bond donors (Lipinski definition) is 1. The molecule has 1 aliphatic heterocycles. The summed E-state index contributed by atoms with van der Waals surface area (Å²) in [6.45, 7) is 4.22. The SMILES string of the molecule is COc1ccc(NC(=O)OCC2COc3c(cc(C)c4nc(-c5cc(C)cc6nc(OC)cnc56)sc34)O2)cn1. The van der Waals surface area contributed by atoms with Crippen molar-refractivity contribution in [3.8, 4) is 33.8 Å². The van der Waals surface area contributed by atoms with Crippen molar-refractivity contribution >= 4 is 44.4 Å². The number of aryl methyl sites for hydroxylation is 2. The van der Waals surface area contributed by atoms with Gasteiger partial charge in [0.05, 0.1) is 48.9 Å². The maximum atomic E-state index is 12.3. The predicted molar refractivity (Wildman–Crippen MR) is 150 cm³/mol. The third kappa shape index (κ3) is 4.89. The molecule has 11 nitrogen and oxygen atoms in total. The number of carbonyl (C=O) groups is 1. The molecular weight excluding hydrogens is 534 g/mol. The summed E-state index contributed by atoms with van der Waals surface area (Å²) >= 11 is 1.51. The van der Waals surface area contributed by atoms with Gasteiger partial charge in [0, 0.05) is 11.6 Å². The summed E-state index contributed by atoms with van der Waals surface area (Å²) in [6.07, 6.45) is 2.00. The third-order valence-electron chi connectivity index (χ3n) is 6.29. The third-order valence-corrected chi connectivity index (χ3v) is 7.37. The smallest absolute Gasteiger partial charge is 0.411 e. The maximum absolute atomic E-state index is 12.3. The minimum absolute atomic E-state index is 0.0112. The number of anilines is 1. The van der Waals surface area contributed by atoms with Crippen molar-refractivity contribution in [2.45, 2.75) is 20.0 Å². The largest absolute Gasteiger partial charge is 0.484 e. The van der Waals surface area contributed by atoms with Crippen LogP contribution in [0, 0.1) is 13.8 Å². The van der Waals surface area contributed by atoms with E-state index >= 15 is 0 Å². The van der Waals surface area contributed by atoms with Crippen LogP contribution in [0.1, 0.15) is 11.1 Å². The first-order valence-electron chi connectivity index (χ1n) is 12.4. The second-order valence-corrected chi connectivity index (χ2v) is 10.2. The van der Waals surface area contributed by atoms with Crippen LogP contribution >= 0.6 is 11.3 Å². The van der Waals surface area contributed by atoms with Gasteiger partial charge in [0.15, 0.2) is 17.6 Å². The number of methoxy groups -OCH3 is 2. The average Bonchev–Trinajstić information content (AvgIpc) is 3.42. The zero-order valence-electron chi connectivity index (χ0n) is 22.2. The van der Waals surface area contributed by atoms with E-state index in [-0.39, 0.29) is 13.2 Å². The molecule has 0 saturated carbocycles. The fraction of sp³-hybridized carbons (Fsp3) is 0.250. The Hall–Kier alpha value is -4.71. The number of ether oxygens (including phenoxy) is 5. The normalized spacial score (nSPS) is 14.2. The van der Waals surface area contributed by atoms with Gasteiger partial charge in [-0.25, -0.2) is 24.7 Å². The molecule has 0 radical (unpaired) electrons. The van der Waals surface area contributed by atoms with E-state index in [1.807, 2.05) is 26.0 Å². The number of thiazole rings is 1. The van der Waals surface area contributed by atoms with Crippen molar-refractivity contribution in [1.29, 1.82) is 0 Å². The lowest BCUT2D eigenvalue weighted by molar-refractivity contribution is 0.0383. The zero-order chi connectivity index (χ0) is 27.8. The van der Waals surface area contributed by atoms with Gasteiger partial charge < -0.3 is 23.7 Å². The van der Waals surface area contributed by atoms with Crippen LogP contribution in [0.4, 0.5) is 10.5 Å². The molecule has 1 aliphatic rings. The number of rotatable bonds is 6. The highest BCUT2D eigenvalue weighted by Crippen LogP contribution is 2.46. The Morgan fingerprint density at radius 1 is 1.05 bits per heavy atom. The van der Waals surface area contributed by atoms with Gasteiger partial charge in [-0.15, -0.1) is 11.3 Å². The molecule has 1 atom stereocenters. The van der Waals surface area contributed by atoms with Crippen molar-refractivity contribution in [2.24, 2.45) is 0 Å². The molecular formula is C28H25N5O6S. The summed E-state index contributed by atoms with van der Waals surface area (Å²) in [5.41, 5.74) is 5.68. The van der Waals surface area contributed by atoms with Crippen molar-refractivity contribution in [3.63, 3.8) is 0 Å². The number of carbonyl (C=O) groups excluding carboxylic acids is 1. The lowest BCUT2D eigenvalue weighted by Crippen LogP contribution is -2.35. The molecule has 3 aromatic heterocycles. The quantitative estimate of drug-likeness (QED) is 0.292. The minimum atomic E-state index is -0.619. The van der Waals surface area contributed by atoms with E-state index in [1.54, 1.807) is 25.4 Å². The van der Waals surface area contributed by atoms with E-state index in [9.17, 15) is 4.79 Å². The van der Waals surface area contributed by atoms with Crippen LogP contribution in [0.25, 0.3) is 31.8 Å². The van der Waals surface area contributed by atoms with Crippen molar-refractivity contribution in [2.75, 3.05) is 32.8 Å². The van der Waals surface area contributed by atoms with Gasteiger partial charge in [-0.05, 0) is 49.2 Å². The first-order valence-corrected chi connectivity index (χ1v) is 13.2. The highest BCUT2D eigenvalue weighted by Gasteiger charge is 2.27. The summed E-state index contributed by atoms with van der Waals surface area (Å²) in [5.74, 6) is 2.11. The van der Waals surface area contributed by atoms with E-state index in [1.165, 1.54) is 24.6 Å². The summed E-state index contributed by atoms with van der Waals surface area (Å²) in [6, 6.07) is 9.24. The second kappa shape index (κ2) is 10.5. The van der Waals surface area contributed by atoms with Gasteiger partial charge in [0.2, 0.25) is 11.8 Å². The molecule has 1 unspecified atom stereocenters. The first kappa shape index (κ1) is 25.6. The predicted octanol–water partition coefficient (Wildman–Crippen LogP) is 5.32. The molecule has 204 valence electrons. The van der Waals surface area contributed by atoms with Gasteiger partial charge >= 0.3 is 6.09 Å². The van der Waals surface area contributed by atoms with Crippen LogP contribution < -0.4 is 24.3 Å². The summed E-state index contributed by atoms with van der Waals surface area (Å²) in [4.78, 5) is 30.4. The topological polar surface area (TPSA) is 127 Å². The highest BCUT2D eigenvalue weighted by atomic mass is 32.1. The lowest BCUT2D eigenvalue weighted by atomic mass is 10.1. The lowest BCUT2D eigenvalue weighted by Gasteiger charge is -2.26. The molecule has 2 aromatic carbocycles. The van der Waals surface area contributed by atoms with E-state index in [4.69, 9.17) is 28.7 Å². The van der Waals surface area contributed by atoms with Crippen LogP contribution in [0.15, 0.2) is 42.7 Å². The fourth-order valence-corrected chi connectivity index (χ4v) is 5.55. The van der Waals surface area contributed by atoms with Gasteiger partial charge in [0.1, 0.15) is 22.9 Å². The van der Waals surface area contributed by atoms with E-state index in [0.717, 1.165) is 42.9 Å². The van der Waals surface area contributed by atoms with Gasteiger partial charge in [-0.3, -0.25) is 5.32 Å². The minimum Gasteiger partial charge on any atom is -0.484 e. The molecule has 0 spiro atoms. The molecule has 40 heavy (non-hydrogen) atoms. The average molecular weight is 560 g/mol. The van der Waals surface area contributed by atoms with Crippen LogP contribution in [-0.2, 0) is 4.74 Å². The highest BCUT2D eigenvalue weighted by molar-refractivity contribution is 7.22. The Morgan fingerprint density at radius 2 is 1.90 bits per heavy atom. The monoisotopic (exact) mass is 559 g/mol. The standard InChI is InChI=1S/C28H25N5O6S/c1-14-7-18(24-19(8-14)32-22(36-4)11-30-24)27-33-23-15(2)9-20-25(26(23)40-27)37-12-17(39-20)13-38-28(34)31-16-5-6-21(35-3)29-10-16/h5-11,17H,12-13H2,1-4H3,(H,31,34). The van der Waals surface area contributed by atoms with Gasteiger partial charge in [-0.2, -0.15) is 0 Å². The Labute approximate surface area is 233 Å². The molecule has 0 bridgehead atoms. The number of aromatic nitrogens is 4. The van der Waals surface area contributed by atoms with Gasteiger partial charge in [0.25, 0.3) is 0 Å². The Morgan fingerprint density at radius 3 is 2.67 bits per heavy atom. The first-order chi connectivity index (χ1) is 19.4. The molecule has 4 heterocycles. The number of amides is 1. The summed E-state index contributed by atoms with van der Waals surface area (Å²) in [7, 11) is 3.09. The van der Waals surface area contributed by atoms with E-state index in [2.05, 4.69) is 26.3 Å². The molecule has 1 N–H and O–H groups in total. The van der Waals surface area contributed by atoms with E-state index < -0.39 is 12.2 Å². The molecule has 0 aliphatic carbocycles. The van der Waals surface area contributed by atoms with Crippen LogP contribution in [0.5, 0.6) is 23.3 Å². The Balaban J connectivity index is 1.22. The molecule has 5 aromatic rings. The number of pyridine rings is 1. The van der Waals surface area contributed by atoms with Gasteiger partial charge in [-0.1, -0.05) is 0 Å². The van der Waals surface area contributed by atoms with Crippen molar-refractivity contribution in [3.05, 3.63) is 53.9 Å². The number of hydrogen-bond acceptors (Lipinski definition) is 11. The van der Waals surface area contributed by atoms with Crippen LogP contribution in [-0.4, -0.2) is 59.6 Å². The molecule has 0 fully saturated rings. The number of nitrogens with zero attached hydrogens (tertiary/aromatic N) is 4. The summed E-state index contributed by atoms with van der Waals surface area (Å²) < 4.78 is 28.8. The second-order valence-electron chi connectivity index (χ2n) is 9.17. The number of nitrogens with one attached hydrogen (secondary N) is 1. The summed E-state index contributed by atoms with van der Waals surface area (Å²) in [5, 5.41) is 3.43. The molecule has 1 amide bonds. The van der Waals surface area contributed by atoms with Crippen LogP contribution in [0.3, 0.4) is 0 Å². The van der Waals surface area contributed by atoms with Crippen LogP contribution in [0.2, 0.25) is 0 Å². The molecule has 6 rings (SSSR count). The maximum Gasteiger partial charge on any atom is 0.411 e. The number of benzene rings is 2. The molecule has 12 heteroatoms. The van der Waals surface area contributed by atoms with E-state index in [0.29, 0.717) is 28.9 Å².